The van der Waals surface area contributed by atoms with Crippen molar-refractivity contribution < 1.29 is 14.9 Å². The molecule has 0 bridgehead atoms. The number of nitrogens with one attached hydrogen (secondary N) is 2. The normalized spacial score (nSPS) is 22.9. The number of hydrogen-bond donors (Lipinski definition) is 4. The van der Waals surface area contributed by atoms with E-state index in [1.165, 1.54) is 6.33 Å². The minimum absolute atomic E-state index is 0.491. The van der Waals surface area contributed by atoms with E-state index in [4.69, 9.17) is 4.74 Å². The quantitative estimate of drug-likeness (QED) is 0.336. The van der Waals surface area contributed by atoms with E-state index in [-0.39, 0.29) is 0 Å². The van der Waals surface area contributed by atoms with E-state index >= 15 is 0 Å². The van der Waals surface area contributed by atoms with Crippen LogP contribution in [0.15, 0.2) is 73.3 Å². The highest BCUT2D eigenvalue weighted by Crippen LogP contribution is 2.39. The van der Waals surface area contributed by atoms with Gasteiger partial charge in [-0.15, -0.1) is 0 Å². The maximum atomic E-state index is 10.6. The molecule has 3 aromatic heterocycles. The fraction of sp³-hybridized carbons (Fsp3) is 0.200. The number of nitrogens with zero attached hydrogens (tertiary/aromatic N) is 3. The molecule has 0 radical (unpaired) electrons. The molecular weight excluding hydrogens is 418 g/mol. The van der Waals surface area contributed by atoms with E-state index in [9.17, 15) is 10.2 Å². The molecule has 1 fully saturated rings. The molecule has 4 N–H and O–H groups in total. The lowest BCUT2D eigenvalue weighted by Crippen LogP contribution is -2.30. The summed E-state index contributed by atoms with van der Waals surface area (Å²) in [5, 5.41) is 26.3. The van der Waals surface area contributed by atoms with Gasteiger partial charge >= 0.3 is 0 Å². The van der Waals surface area contributed by atoms with Crippen LogP contribution in [0.25, 0.3) is 33.1 Å². The molecule has 0 amide bonds. The SMILES string of the molecule is C[C@H]1O[C@@H](n2cc(-c3ccccc3)c3c(Nc4ccc5[nH]ccc5c4)ncnc32)[C@H](O)[C@@H]1O. The summed E-state index contributed by atoms with van der Waals surface area (Å²) in [5.74, 6) is 0.647. The highest BCUT2D eigenvalue weighted by Gasteiger charge is 2.42. The van der Waals surface area contributed by atoms with Gasteiger partial charge in [0.25, 0.3) is 0 Å². The Morgan fingerprint density at radius 1 is 1.03 bits per heavy atom. The molecule has 8 heteroatoms. The average Bonchev–Trinajstić information content (AvgIpc) is 3.53. The van der Waals surface area contributed by atoms with E-state index in [1.54, 1.807) is 11.5 Å². The number of hydrogen-bond acceptors (Lipinski definition) is 6. The van der Waals surface area contributed by atoms with Crippen molar-refractivity contribution in [2.24, 2.45) is 0 Å². The van der Waals surface area contributed by atoms with Gasteiger partial charge in [0, 0.05) is 34.5 Å². The van der Waals surface area contributed by atoms with E-state index in [0.29, 0.717) is 11.5 Å². The first-order valence-electron chi connectivity index (χ1n) is 10.9. The van der Waals surface area contributed by atoms with Crippen molar-refractivity contribution in [1.29, 1.82) is 0 Å². The maximum Gasteiger partial charge on any atom is 0.164 e. The Labute approximate surface area is 189 Å². The third-order valence-electron chi connectivity index (χ3n) is 6.26. The number of aliphatic hydroxyl groups is 2. The molecule has 0 aliphatic carbocycles. The summed E-state index contributed by atoms with van der Waals surface area (Å²) >= 11 is 0. The Morgan fingerprint density at radius 2 is 1.88 bits per heavy atom. The third kappa shape index (κ3) is 3.27. The number of anilines is 2. The molecule has 1 saturated heterocycles. The van der Waals surface area contributed by atoms with Crippen molar-refractivity contribution in [2.45, 2.75) is 31.5 Å². The summed E-state index contributed by atoms with van der Waals surface area (Å²) in [6.07, 6.45) is 2.03. The topological polar surface area (TPSA) is 108 Å². The van der Waals surface area contributed by atoms with Crippen LogP contribution < -0.4 is 5.32 Å². The van der Waals surface area contributed by atoms with Crippen molar-refractivity contribution >= 4 is 33.4 Å². The van der Waals surface area contributed by atoms with Crippen LogP contribution >= 0.6 is 0 Å². The molecule has 8 nitrogen and oxygen atoms in total. The molecule has 6 rings (SSSR count). The van der Waals surface area contributed by atoms with Crippen LogP contribution in [0, 0.1) is 0 Å². The lowest BCUT2D eigenvalue weighted by atomic mass is 10.1. The first kappa shape index (κ1) is 19.9. The zero-order chi connectivity index (χ0) is 22.5. The van der Waals surface area contributed by atoms with Crippen LogP contribution in [0.5, 0.6) is 0 Å². The maximum absolute atomic E-state index is 10.6. The van der Waals surface area contributed by atoms with Gasteiger partial charge in [0.15, 0.2) is 6.23 Å². The average molecular weight is 441 g/mol. The molecule has 0 unspecified atom stereocenters. The number of H-pyrrole nitrogens is 1. The second-order valence-electron chi connectivity index (χ2n) is 8.35. The van der Waals surface area contributed by atoms with Gasteiger partial charge < -0.3 is 29.8 Å². The van der Waals surface area contributed by atoms with Crippen LogP contribution in [0.3, 0.4) is 0 Å². The van der Waals surface area contributed by atoms with E-state index in [2.05, 4.69) is 26.3 Å². The predicted octanol–water partition coefficient (Wildman–Crippen LogP) is 3.96. The number of rotatable bonds is 4. The number of ether oxygens (including phenoxy) is 1. The molecule has 0 spiro atoms. The molecule has 33 heavy (non-hydrogen) atoms. The number of benzene rings is 2. The highest BCUT2D eigenvalue weighted by molar-refractivity contribution is 6.02. The van der Waals surface area contributed by atoms with Crippen LogP contribution in [-0.4, -0.2) is 48.0 Å². The van der Waals surface area contributed by atoms with Crippen LogP contribution in [0.4, 0.5) is 11.5 Å². The van der Waals surface area contributed by atoms with Gasteiger partial charge in [0.1, 0.15) is 30.0 Å². The van der Waals surface area contributed by atoms with Crippen molar-refractivity contribution in [2.75, 3.05) is 5.32 Å². The van der Waals surface area contributed by atoms with Gasteiger partial charge in [0.2, 0.25) is 0 Å². The number of aromatic amines is 1. The van der Waals surface area contributed by atoms with Gasteiger partial charge in [-0.25, -0.2) is 9.97 Å². The molecule has 166 valence electrons. The van der Waals surface area contributed by atoms with Crippen molar-refractivity contribution in [3.63, 3.8) is 0 Å². The van der Waals surface area contributed by atoms with Crippen molar-refractivity contribution in [1.82, 2.24) is 19.5 Å². The molecule has 0 saturated carbocycles. The fourth-order valence-corrected chi connectivity index (χ4v) is 4.54. The summed E-state index contributed by atoms with van der Waals surface area (Å²) in [5.41, 5.74) is 4.46. The number of aliphatic hydroxyl groups excluding tert-OH is 2. The van der Waals surface area contributed by atoms with Crippen molar-refractivity contribution in [3.8, 4) is 11.1 Å². The van der Waals surface area contributed by atoms with Crippen LogP contribution in [-0.2, 0) is 4.74 Å². The zero-order valence-corrected chi connectivity index (χ0v) is 17.9. The summed E-state index contributed by atoms with van der Waals surface area (Å²) in [6.45, 7) is 1.75. The van der Waals surface area contributed by atoms with Gasteiger partial charge in [-0.3, -0.25) is 0 Å². The Kier molecular flexibility index (Phi) is 4.65. The van der Waals surface area contributed by atoms with Gasteiger partial charge in [-0.2, -0.15) is 0 Å². The molecule has 1 aliphatic rings. The summed E-state index contributed by atoms with van der Waals surface area (Å²) < 4.78 is 7.69. The Bertz CT molecular complexity index is 1440. The predicted molar refractivity (Wildman–Crippen MR) is 126 cm³/mol. The first-order chi connectivity index (χ1) is 16.1. The lowest BCUT2D eigenvalue weighted by Gasteiger charge is -2.17. The molecule has 5 aromatic rings. The zero-order valence-electron chi connectivity index (χ0n) is 17.9. The van der Waals surface area contributed by atoms with Crippen LogP contribution in [0.1, 0.15) is 13.2 Å². The smallest absolute Gasteiger partial charge is 0.164 e. The van der Waals surface area contributed by atoms with Gasteiger partial charge in [0.05, 0.1) is 11.5 Å². The molecule has 4 heterocycles. The van der Waals surface area contributed by atoms with Crippen molar-refractivity contribution in [3.05, 3.63) is 73.3 Å². The largest absolute Gasteiger partial charge is 0.388 e. The first-order valence-corrected chi connectivity index (χ1v) is 10.9. The molecule has 1 aliphatic heterocycles. The van der Waals surface area contributed by atoms with Crippen LogP contribution in [0.2, 0.25) is 0 Å². The second kappa shape index (κ2) is 7.70. The van der Waals surface area contributed by atoms with E-state index in [0.717, 1.165) is 33.1 Å². The Balaban J connectivity index is 1.52. The van der Waals surface area contributed by atoms with Gasteiger partial charge in [-0.05, 0) is 36.8 Å². The third-order valence-corrected chi connectivity index (χ3v) is 6.26. The standard InChI is InChI=1S/C25H23N5O3/c1-14-21(31)22(32)25(33-14)30-12-18(15-5-3-2-4-6-15)20-23(27-13-28-24(20)30)29-17-7-8-19-16(11-17)9-10-26-19/h2-14,21-22,25-26,31-32H,1H3,(H,27,28,29)/t14-,21-,22-,25-/m1/s1. The minimum atomic E-state index is -1.07. The fourth-order valence-electron chi connectivity index (χ4n) is 4.54. The molecule has 2 aromatic carbocycles. The Hall–Kier alpha value is -3.72. The lowest BCUT2D eigenvalue weighted by molar-refractivity contribution is -0.0295. The summed E-state index contributed by atoms with van der Waals surface area (Å²) in [6, 6.07) is 18.0. The number of aromatic nitrogens is 4. The summed E-state index contributed by atoms with van der Waals surface area (Å²) in [4.78, 5) is 12.3. The Morgan fingerprint density at radius 3 is 2.67 bits per heavy atom. The minimum Gasteiger partial charge on any atom is -0.388 e. The summed E-state index contributed by atoms with van der Waals surface area (Å²) in [7, 11) is 0. The van der Waals surface area contributed by atoms with E-state index in [1.807, 2.05) is 60.9 Å². The monoisotopic (exact) mass is 441 g/mol. The number of fused-ring (bicyclic) bond motifs is 2. The van der Waals surface area contributed by atoms with E-state index < -0.39 is 24.5 Å². The molecular formula is C25H23N5O3. The second-order valence-corrected chi connectivity index (χ2v) is 8.35. The van der Waals surface area contributed by atoms with Gasteiger partial charge in [-0.1, -0.05) is 30.3 Å². The molecule has 4 atom stereocenters. The highest BCUT2D eigenvalue weighted by atomic mass is 16.6.